The molecule has 0 aromatic carbocycles. The maximum absolute atomic E-state index is 11.5. The topological polar surface area (TPSA) is 54.5 Å². The molecule has 71 valence electrons. The van der Waals surface area contributed by atoms with Gasteiger partial charge in [0.15, 0.2) is 5.78 Å². The molecule has 14 heavy (non-hydrogen) atoms. The number of rotatable bonds is 1. The summed E-state index contributed by atoms with van der Waals surface area (Å²) in [5.41, 5.74) is 0.246. The first-order valence-electron chi connectivity index (χ1n) is 4.26. The number of hydrogen-bond acceptors (Lipinski definition) is 3. The summed E-state index contributed by atoms with van der Waals surface area (Å²) in [6.07, 6.45) is 3.33. The van der Waals surface area contributed by atoms with Crippen LogP contribution in [0.1, 0.15) is 6.42 Å². The van der Waals surface area contributed by atoms with Crippen molar-refractivity contribution in [3.63, 3.8) is 0 Å². The molecule has 0 aromatic rings. The van der Waals surface area contributed by atoms with Gasteiger partial charge in [0.25, 0.3) is 11.8 Å². The Kier molecular flexibility index (Phi) is 1.84. The first kappa shape index (κ1) is 8.87. The smallest absolute Gasteiger partial charge is 0.265 e. The van der Waals surface area contributed by atoms with Gasteiger partial charge >= 0.3 is 0 Å². The Morgan fingerprint density at radius 1 is 1.29 bits per heavy atom. The molecule has 4 nitrogen and oxygen atoms in total. The highest BCUT2D eigenvalue weighted by atomic mass is 16.2. The first-order chi connectivity index (χ1) is 6.66. The van der Waals surface area contributed by atoms with Gasteiger partial charge in [-0.15, -0.1) is 0 Å². The molecule has 2 rings (SSSR count). The van der Waals surface area contributed by atoms with Gasteiger partial charge in [-0.25, -0.2) is 0 Å². The molecule has 2 aliphatic rings. The molecule has 0 bridgehead atoms. The molecule has 1 aliphatic heterocycles. The van der Waals surface area contributed by atoms with Crippen LogP contribution in [-0.4, -0.2) is 29.0 Å². The van der Waals surface area contributed by atoms with Crippen molar-refractivity contribution in [3.05, 3.63) is 30.2 Å². The summed E-state index contributed by atoms with van der Waals surface area (Å²) < 4.78 is 0. The van der Waals surface area contributed by atoms with E-state index in [0.29, 0.717) is 0 Å². The predicted octanol–water partition coefficient (Wildman–Crippen LogP) is 0.0149. The molecule has 1 heterocycles. The van der Waals surface area contributed by atoms with Crippen LogP contribution in [0, 0.1) is 6.92 Å². The Labute approximate surface area is 80.9 Å². The molecule has 0 spiro atoms. The summed E-state index contributed by atoms with van der Waals surface area (Å²) in [6.45, 7) is 3.53. The molecule has 0 N–H and O–H groups in total. The van der Waals surface area contributed by atoms with Crippen LogP contribution in [0.2, 0.25) is 0 Å². The molecule has 2 amide bonds. The van der Waals surface area contributed by atoms with Crippen molar-refractivity contribution in [2.24, 2.45) is 0 Å². The predicted molar refractivity (Wildman–Crippen MR) is 47.9 cm³/mol. The van der Waals surface area contributed by atoms with Gasteiger partial charge in [0.1, 0.15) is 0 Å². The van der Waals surface area contributed by atoms with E-state index in [2.05, 4.69) is 6.92 Å². The lowest BCUT2D eigenvalue weighted by atomic mass is 9.98. The van der Waals surface area contributed by atoms with Gasteiger partial charge in [-0.05, 0) is 6.92 Å². The van der Waals surface area contributed by atoms with Crippen molar-refractivity contribution in [1.82, 2.24) is 4.90 Å². The Hall–Kier alpha value is -1.71. The van der Waals surface area contributed by atoms with E-state index in [9.17, 15) is 14.4 Å². The molecular formula is C10H8NO3. The average molecular weight is 190 g/mol. The monoisotopic (exact) mass is 190 g/mol. The van der Waals surface area contributed by atoms with E-state index < -0.39 is 11.8 Å². The summed E-state index contributed by atoms with van der Waals surface area (Å²) in [6, 6.07) is 0. The van der Waals surface area contributed by atoms with Crippen molar-refractivity contribution in [2.45, 2.75) is 6.42 Å². The minimum atomic E-state index is -0.505. The maximum Gasteiger partial charge on any atom is 0.265 e. The fraction of sp³-hybridized carbons (Fsp3) is 0.200. The van der Waals surface area contributed by atoms with Crippen molar-refractivity contribution in [1.29, 1.82) is 0 Å². The molecule has 0 aromatic heterocycles. The third kappa shape index (κ3) is 0.968. The van der Waals surface area contributed by atoms with Crippen LogP contribution < -0.4 is 0 Å². The number of imide groups is 1. The Bertz CT molecular complexity index is 404. The van der Waals surface area contributed by atoms with E-state index in [-0.39, 0.29) is 29.9 Å². The normalized spacial score (nSPS) is 20.9. The number of amides is 2. The summed E-state index contributed by atoms with van der Waals surface area (Å²) in [4.78, 5) is 35.4. The Morgan fingerprint density at radius 2 is 2.00 bits per heavy atom. The summed E-state index contributed by atoms with van der Waals surface area (Å²) in [7, 11) is 0. The minimum absolute atomic E-state index is 0.0288. The van der Waals surface area contributed by atoms with Crippen LogP contribution in [0.5, 0.6) is 0 Å². The molecule has 4 heteroatoms. The SMILES string of the molecule is [CH2]CN1C(=O)C2=C(C(=O)CC=C2)C1=O. The van der Waals surface area contributed by atoms with E-state index in [4.69, 9.17) is 0 Å². The van der Waals surface area contributed by atoms with E-state index >= 15 is 0 Å². The zero-order valence-electron chi connectivity index (χ0n) is 7.45. The summed E-state index contributed by atoms with van der Waals surface area (Å²) >= 11 is 0. The van der Waals surface area contributed by atoms with Crippen molar-refractivity contribution < 1.29 is 14.4 Å². The fourth-order valence-electron chi connectivity index (χ4n) is 1.61. The third-order valence-electron chi connectivity index (χ3n) is 2.29. The van der Waals surface area contributed by atoms with Crippen LogP contribution in [-0.2, 0) is 14.4 Å². The van der Waals surface area contributed by atoms with Crippen LogP contribution >= 0.6 is 0 Å². The summed E-state index contributed by atoms with van der Waals surface area (Å²) in [5, 5.41) is 0. The van der Waals surface area contributed by atoms with Gasteiger partial charge in [-0.1, -0.05) is 12.2 Å². The largest absolute Gasteiger partial charge is 0.294 e. The van der Waals surface area contributed by atoms with Gasteiger partial charge in [0, 0.05) is 13.0 Å². The number of carbonyl (C=O) groups excluding carboxylic acids is 3. The van der Waals surface area contributed by atoms with E-state index in [1.165, 1.54) is 6.08 Å². The van der Waals surface area contributed by atoms with Crippen LogP contribution in [0.4, 0.5) is 0 Å². The Morgan fingerprint density at radius 3 is 2.57 bits per heavy atom. The van der Waals surface area contributed by atoms with Crippen LogP contribution in [0.25, 0.3) is 0 Å². The highest BCUT2D eigenvalue weighted by molar-refractivity contribution is 6.33. The fourth-order valence-corrected chi connectivity index (χ4v) is 1.61. The van der Waals surface area contributed by atoms with Gasteiger partial charge < -0.3 is 0 Å². The second-order valence-corrected chi connectivity index (χ2v) is 3.08. The molecule has 1 aliphatic carbocycles. The Balaban J connectivity index is 2.51. The van der Waals surface area contributed by atoms with Crippen molar-refractivity contribution >= 4 is 17.6 Å². The zero-order chi connectivity index (χ0) is 10.3. The number of hydrogen-bond donors (Lipinski definition) is 0. The van der Waals surface area contributed by atoms with E-state index in [1.807, 2.05) is 0 Å². The quantitative estimate of drug-likeness (QED) is 0.432. The standard InChI is InChI=1S/C10H8NO3/c1-2-11-9(13)6-4-3-5-7(12)8(6)10(11)14/h3-4H,1-2,5H2. The molecule has 0 unspecified atom stereocenters. The highest BCUT2D eigenvalue weighted by Crippen LogP contribution is 2.26. The lowest BCUT2D eigenvalue weighted by Gasteiger charge is -2.10. The van der Waals surface area contributed by atoms with Crippen molar-refractivity contribution in [2.75, 3.05) is 6.54 Å². The third-order valence-corrected chi connectivity index (χ3v) is 2.29. The zero-order valence-corrected chi connectivity index (χ0v) is 7.45. The number of Topliss-reactive ketones (excluding diaryl/α,β-unsaturated/α-hetero) is 1. The molecule has 0 atom stereocenters. The lowest BCUT2D eigenvalue weighted by Crippen LogP contribution is -2.32. The van der Waals surface area contributed by atoms with Gasteiger partial charge in [-0.2, -0.15) is 0 Å². The second kappa shape index (κ2) is 2.90. The van der Waals surface area contributed by atoms with Gasteiger partial charge in [0.05, 0.1) is 11.1 Å². The summed E-state index contributed by atoms with van der Waals surface area (Å²) in [5.74, 6) is -1.20. The average Bonchev–Trinajstić information content (AvgIpc) is 2.41. The molecule has 0 saturated carbocycles. The highest BCUT2D eigenvalue weighted by Gasteiger charge is 2.40. The number of carbonyl (C=O) groups is 3. The van der Waals surface area contributed by atoms with Gasteiger partial charge in [-0.3, -0.25) is 19.3 Å². The molecule has 0 fully saturated rings. The maximum atomic E-state index is 11.5. The second-order valence-electron chi connectivity index (χ2n) is 3.08. The van der Waals surface area contributed by atoms with Crippen LogP contribution in [0.15, 0.2) is 23.3 Å². The number of allylic oxidation sites excluding steroid dienone is 1. The van der Waals surface area contributed by atoms with Crippen molar-refractivity contribution in [3.8, 4) is 0 Å². The molecular weight excluding hydrogens is 182 g/mol. The number of ketones is 1. The first-order valence-corrected chi connectivity index (χ1v) is 4.26. The molecule has 1 radical (unpaired) electrons. The number of nitrogens with zero attached hydrogens (tertiary/aromatic N) is 1. The van der Waals surface area contributed by atoms with Gasteiger partial charge in [0.2, 0.25) is 0 Å². The molecule has 0 saturated heterocycles. The van der Waals surface area contributed by atoms with E-state index in [0.717, 1.165) is 4.90 Å². The lowest BCUT2D eigenvalue weighted by molar-refractivity contribution is -0.137. The van der Waals surface area contributed by atoms with Crippen LogP contribution in [0.3, 0.4) is 0 Å². The minimum Gasteiger partial charge on any atom is -0.294 e. The van der Waals surface area contributed by atoms with E-state index in [1.54, 1.807) is 6.08 Å².